The molecule has 0 bridgehead atoms. The summed E-state index contributed by atoms with van der Waals surface area (Å²) < 4.78 is 27.4. The van der Waals surface area contributed by atoms with E-state index in [0.29, 0.717) is 11.4 Å². The molecule has 1 aromatic heterocycles. The number of hydrogen-bond acceptors (Lipinski definition) is 5. The molecule has 5 nitrogen and oxygen atoms in total. The van der Waals surface area contributed by atoms with Gasteiger partial charge in [0.05, 0.1) is 0 Å². The molecule has 0 aromatic carbocycles. The largest absolute Gasteiger partial charge is 0.326 e. The van der Waals surface area contributed by atoms with Crippen LogP contribution in [0, 0.1) is 6.92 Å². The average molecular weight is 319 g/mol. The molecule has 0 saturated heterocycles. The Kier molecular flexibility index (Phi) is 7.11. The topological polar surface area (TPSA) is 75.4 Å². The van der Waals surface area contributed by atoms with Gasteiger partial charge in [0.2, 0.25) is 10.0 Å². The van der Waals surface area contributed by atoms with Crippen molar-refractivity contribution in [1.29, 1.82) is 0 Å². The second-order valence-electron chi connectivity index (χ2n) is 4.71. The van der Waals surface area contributed by atoms with Gasteiger partial charge in [-0.25, -0.2) is 13.1 Å². The minimum Gasteiger partial charge on any atom is -0.326 e. The molecule has 1 heterocycles. The molecule has 0 spiro atoms. The molecule has 0 aliphatic rings. The Hall–Kier alpha value is -0.470. The number of likely N-dealkylation sites (N-methyl/N-ethyl adjacent to an activating group) is 1. The Balaban J connectivity index is 2.68. The minimum absolute atomic E-state index is 0.256. The van der Waals surface area contributed by atoms with E-state index in [2.05, 4.69) is 23.5 Å². The van der Waals surface area contributed by atoms with Crippen LogP contribution >= 0.6 is 11.3 Å². The van der Waals surface area contributed by atoms with Gasteiger partial charge in [-0.15, -0.1) is 11.3 Å². The first-order valence-electron chi connectivity index (χ1n) is 6.95. The highest BCUT2D eigenvalue weighted by Crippen LogP contribution is 2.26. The lowest BCUT2D eigenvalue weighted by molar-refractivity contribution is 0.293. The Labute approximate surface area is 126 Å². The SMILES string of the molecule is CCCN(CC)CCNS(=O)(=O)c1c(C)csc1CN. The summed E-state index contributed by atoms with van der Waals surface area (Å²) in [5, 5.41) is 1.84. The van der Waals surface area contributed by atoms with E-state index >= 15 is 0 Å². The van der Waals surface area contributed by atoms with Crippen molar-refractivity contribution in [2.45, 2.75) is 38.6 Å². The Morgan fingerprint density at radius 3 is 2.60 bits per heavy atom. The fourth-order valence-electron chi connectivity index (χ4n) is 2.14. The first-order chi connectivity index (χ1) is 9.46. The third kappa shape index (κ3) is 4.53. The molecule has 0 amide bonds. The van der Waals surface area contributed by atoms with E-state index in [-0.39, 0.29) is 6.54 Å². The third-order valence-corrected chi connectivity index (χ3v) is 6.10. The number of aryl methyl sites for hydroxylation is 1. The molecule has 1 aromatic rings. The van der Waals surface area contributed by atoms with Gasteiger partial charge in [-0.05, 0) is 37.4 Å². The summed E-state index contributed by atoms with van der Waals surface area (Å²) in [6.45, 7) is 9.34. The van der Waals surface area contributed by atoms with Crippen molar-refractivity contribution in [3.8, 4) is 0 Å². The average Bonchev–Trinajstić information content (AvgIpc) is 2.79. The smallest absolute Gasteiger partial charge is 0.242 e. The van der Waals surface area contributed by atoms with Crippen molar-refractivity contribution in [3.63, 3.8) is 0 Å². The van der Waals surface area contributed by atoms with E-state index in [1.54, 1.807) is 6.92 Å². The first kappa shape index (κ1) is 17.6. The molecule has 0 unspecified atom stereocenters. The second-order valence-corrected chi connectivity index (χ2v) is 7.38. The van der Waals surface area contributed by atoms with Crippen LogP contribution in [0.1, 0.15) is 30.7 Å². The minimum atomic E-state index is -3.46. The highest BCUT2D eigenvalue weighted by molar-refractivity contribution is 7.89. The molecule has 20 heavy (non-hydrogen) atoms. The van der Waals surface area contributed by atoms with Crippen LogP contribution in [0.2, 0.25) is 0 Å². The number of nitrogens with one attached hydrogen (secondary N) is 1. The normalized spacial score (nSPS) is 12.2. The molecular formula is C13H25N3O2S2. The van der Waals surface area contributed by atoms with Crippen LogP contribution in [0.25, 0.3) is 0 Å². The molecule has 1 rings (SSSR count). The molecule has 0 aliphatic carbocycles. The zero-order valence-electron chi connectivity index (χ0n) is 12.5. The number of rotatable bonds is 9. The molecule has 3 N–H and O–H groups in total. The van der Waals surface area contributed by atoms with Crippen LogP contribution in [0.5, 0.6) is 0 Å². The lowest BCUT2D eigenvalue weighted by Crippen LogP contribution is -2.35. The molecular weight excluding hydrogens is 294 g/mol. The predicted octanol–water partition coefficient (Wildman–Crippen LogP) is 1.53. The highest BCUT2D eigenvalue weighted by Gasteiger charge is 2.21. The zero-order chi connectivity index (χ0) is 15.2. The van der Waals surface area contributed by atoms with Crippen LogP contribution in [0.4, 0.5) is 0 Å². The summed E-state index contributed by atoms with van der Waals surface area (Å²) in [4.78, 5) is 3.31. The first-order valence-corrected chi connectivity index (χ1v) is 9.31. The molecule has 116 valence electrons. The van der Waals surface area contributed by atoms with Gasteiger partial charge in [-0.1, -0.05) is 13.8 Å². The molecule has 0 saturated carbocycles. The van der Waals surface area contributed by atoms with Crippen LogP contribution in [0.15, 0.2) is 10.3 Å². The Morgan fingerprint density at radius 2 is 2.05 bits per heavy atom. The summed E-state index contributed by atoms with van der Waals surface area (Å²) in [6, 6.07) is 0. The number of nitrogens with two attached hydrogens (primary N) is 1. The van der Waals surface area contributed by atoms with Crippen LogP contribution in [-0.2, 0) is 16.6 Å². The van der Waals surface area contributed by atoms with Gasteiger partial charge in [-0.2, -0.15) is 0 Å². The van der Waals surface area contributed by atoms with Gasteiger partial charge < -0.3 is 10.6 Å². The fraction of sp³-hybridized carbons (Fsp3) is 0.692. The van der Waals surface area contributed by atoms with Gasteiger partial charge >= 0.3 is 0 Å². The molecule has 7 heteroatoms. The summed E-state index contributed by atoms with van der Waals surface area (Å²) in [5.41, 5.74) is 6.38. The summed E-state index contributed by atoms with van der Waals surface area (Å²) >= 11 is 1.40. The van der Waals surface area contributed by atoms with E-state index in [1.807, 2.05) is 5.38 Å². The van der Waals surface area contributed by atoms with Crippen molar-refractivity contribution < 1.29 is 8.42 Å². The molecule has 0 radical (unpaired) electrons. The summed E-state index contributed by atoms with van der Waals surface area (Å²) in [5.74, 6) is 0. The van der Waals surface area contributed by atoms with Crippen LogP contribution < -0.4 is 10.5 Å². The van der Waals surface area contributed by atoms with Gasteiger partial charge in [0, 0.05) is 24.5 Å². The van der Waals surface area contributed by atoms with Gasteiger partial charge in [0.25, 0.3) is 0 Å². The Morgan fingerprint density at radius 1 is 1.35 bits per heavy atom. The van der Waals surface area contributed by atoms with Gasteiger partial charge in [0.15, 0.2) is 0 Å². The van der Waals surface area contributed by atoms with E-state index in [4.69, 9.17) is 5.73 Å². The third-order valence-electron chi connectivity index (χ3n) is 3.15. The predicted molar refractivity (Wildman–Crippen MR) is 84.5 cm³/mol. The number of sulfonamides is 1. The molecule has 0 aliphatic heterocycles. The maximum absolute atomic E-state index is 12.3. The van der Waals surface area contributed by atoms with Crippen molar-refractivity contribution >= 4 is 21.4 Å². The number of thiophene rings is 1. The van der Waals surface area contributed by atoms with Gasteiger partial charge in [-0.3, -0.25) is 0 Å². The monoisotopic (exact) mass is 319 g/mol. The highest BCUT2D eigenvalue weighted by atomic mass is 32.2. The van der Waals surface area contributed by atoms with Crippen molar-refractivity contribution in [2.24, 2.45) is 5.73 Å². The van der Waals surface area contributed by atoms with E-state index in [1.165, 1.54) is 11.3 Å². The molecule has 0 atom stereocenters. The second kappa shape index (κ2) is 8.09. The van der Waals surface area contributed by atoms with E-state index in [9.17, 15) is 8.42 Å². The maximum Gasteiger partial charge on any atom is 0.242 e. The lowest BCUT2D eigenvalue weighted by Gasteiger charge is -2.19. The van der Waals surface area contributed by atoms with Crippen LogP contribution in [0.3, 0.4) is 0 Å². The standard InChI is InChI=1S/C13H25N3O2S2/c1-4-7-16(5-2)8-6-15-20(17,18)13-11(3)10-19-12(13)9-14/h10,15H,4-9,14H2,1-3H3. The Bertz CT molecular complexity index is 512. The van der Waals surface area contributed by atoms with Crippen molar-refractivity contribution in [3.05, 3.63) is 15.8 Å². The summed E-state index contributed by atoms with van der Waals surface area (Å²) in [7, 11) is -3.46. The van der Waals surface area contributed by atoms with Crippen molar-refractivity contribution in [1.82, 2.24) is 9.62 Å². The maximum atomic E-state index is 12.3. The van der Waals surface area contributed by atoms with Crippen LogP contribution in [-0.4, -0.2) is 39.5 Å². The van der Waals surface area contributed by atoms with Gasteiger partial charge in [0.1, 0.15) is 4.90 Å². The number of hydrogen-bond donors (Lipinski definition) is 2. The molecule has 0 fully saturated rings. The number of nitrogens with zero attached hydrogens (tertiary/aromatic N) is 1. The van der Waals surface area contributed by atoms with Crippen molar-refractivity contribution in [2.75, 3.05) is 26.2 Å². The zero-order valence-corrected chi connectivity index (χ0v) is 14.1. The lowest BCUT2D eigenvalue weighted by atomic mass is 10.3. The fourth-order valence-corrected chi connectivity index (χ4v) is 4.86. The summed E-state index contributed by atoms with van der Waals surface area (Å²) in [6.07, 6.45) is 1.07. The quantitative estimate of drug-likeness (QED) is 0.724. The van der Waals surface area contributed by atoms with E-state index < -0.39 is 10.0 Å². The van der Waals surface area contributed by atoms with E-state index in [0.717, 1.165) is 36.5 Å².